The quantitative estimate of drug-likeness (QED) is 0.475. The molecule has 102 valence electrons. The fourth-order valence-electron chi connectivity index (χ4n) is 1.65. The van der Waals surface area contributed by atoms with Gasteiger partial charge in [0.1, 0.15) is 17.8 Å². The SMILES string of the molecule is Cc1cc(Oc2cc([N+](=O)[O-])ccc2Br)ccc1C=O. The first-order valence-electron chi connectivity index (χ1n) is 5.69. The summed E-state index contributed by atoms with van der Waals surface area (Å²) in [6.07, 6.45) is 0.766. The molecule has 0 N–H and O–H groups in total. The summed E-state index contributed by atoms with van der Waals surface area (Å²) in [6.45, 7) is 1.79. The molecule has 0 saturated heterocycles. The van der Waals surface area contributed by atoms with Crippen LogP contribution in [-0.2, 0) is 0 Å². The summed E-state index contributed by atoms with van der Waals surface area (Å²) >= 11 is 3.28. The molecule has 2 rings (SSSR count). The van der Waals surface area contributed by atoms with Gasteiger partial charge >= 0.3 is 0 Å². The highest BCUT2D eigenvalue weighted by Gasteiger charge is 2.11. The molecule has 0 aliphatic carbocycles. The normalized spacial score (nSPS) is 10.1. The molecule has 2 aromatic carbocycles. The van der Waals surface area contributed by atoms with Crippen molar-refractivity contribution in [2.24, 2.45) is 0 Å². The molecule has 0 aromatic heterocycles. The van der Waals surface area contributed by atoms with Crippen molar-refractivity contribution in [2.45, 2.75) is 6.92 Å². The number of halogens is 1. The van der Waals surface area contributed by atoms with Crippen molar-refractivity contribution < 1.29 is 14.5 Å². The lowest BCUT2D eigenvalue weighted by atomic mass is 10.1. The van der Waals surface area contributed by atoms with Crippen molar-refractivity contribution in [1.82, 2.24) is 0 Å². The van der Waals surface area contributed by atoms with Crippen LogP contribution < -0.4 is 4.74 Å². The number of nitro groups is 1. The Hall–Kier alpha value is -2.21. The summed E-state index contributed by atoms with van der Waals surface area (Å²) < 4.78 is 6.22. The average molecular weight is 336 g/mol. The lowest BCUT2D eigenvalue weighted by Crippen LogP contribution is -1.92. The molecule has 0 amide bonds. The van der Waals surface area contributed by atoms with Crippen LogP contribution >= 0.6 is 15.9 Å². The number of ether oxygens (including phenoxy) is 1. The molecule has 0 bridgehead atoms. The summed E-state index contributed by atoms with van der Waals surface area (Å²) in [5.41, 5.74) is 1.30. The molecular weight excluding hydrogens is 326 g/mol. The predicted octanol–water partition coefficient (Wildman–Crippen LogP) is 4.27. The molecule has 0 heterocycles. The van der Waals surface area contributed by atoms with Gasteiger partial charge in [-0.25, -0.2) is 0 Å². The van der Waals surface area contributed by atoms with Crippen LogP contribution in [0.1, 0.15) is 15.9 Å². The maximum absolute atomic E-state index is 10.8. The van der Waals surface area contributed by atoms with Gasteiger partial charge in [0, 0.05) is 11.6 Å². The van der Waals surface area contributed by atoms with E-state index in [4.69, 9.17) is 4.74 Å². The van der Waals surface area contributed by atoms with Crippen LogP contribution in [0.4, 0.5) is 5.69 Å². The minimum absolute atomic E-state index is 0.0515. The molecule has 0 fully saturated rings. The molecule has 6 heteroatoms. The number of non-ortho nitro benzene ring substituents is 1. The Morgan fingerprint density at radius 3 is 2.60 bits per heavy atom. The van der Waals surface area contributed by atoms with Crippen molar-refractivity contribution in [3.8, 4) is 11.5 Å². The van der Waals surface area contributed by atoms with E-state index < -0.39 is 4.92 Å². The largest absolute Gasteiger partial charge is 0.456 e. The third-order valence-corrected chi connectivity index (χ3v) is 3.38. The Morgan fingerprint density at radius 1 is 1.25 bits per heavy atom. The molecule has 2 aromatic rings. The first-order chi connectivity index (χ1) is 9.51. The number of hydrogen-bond acceptors (Lipinski definition) is 4. The van der Waals surface area contributed by atoms with E-state index in [1.54, 1.807) is 31.2 Å². The highest BCUT2D eigenvalue weighted by atomic mass is 79.9. The number of benzene rings is 2. The van der Waals surface area contributed by atoms with E-state index in [0.29, 0.717) is 21.5 Å². The highest BCUT2D eigenvalue weighted by molar-refractivity contribution is 9.10. The van der Waals surface area contributed by atoms with E-state index in [-0.39, 0.29) is 5.69 Å². The van der Waals surface area contributed by atoms with Crippen LogP contribution in [-0.4, -0.2) is 11.2 Å². The summed E-state index contributed by atoms with van der Waals surface area (Å²) in [5, 5.41) is 10.8. The first kappa shape index (κ1) is 14.2. The lowest BCUT2D eigenvalue weighted by Gasteiger charge is -2.09. The third-order valence-electron chi connectivity index (χ3n) is 2.72. The zero-order valence-corrected chi connectivity index (χ0v) is 12.1. The van der Waals surface area contributed by atoms with Gasteiger partial charge in [-0.05, 0) is 52.7 Å². The number of aryl methyl sites for hydroxylation is 1. The summed E-state index contributed by atoms with van der Waals surface area (Å²) in [4.78, 5) is 21.0. The lowest BCUT2D eigenvalue weighted by molar-refractivity contribution is -0.384. The minimum Gasteiger partial charge on any atom is -0.456 e. The molecule has 5 nitrogen and oxygen atoms in total. The van der Waals surface area contributed by atoms with E-state index in [0.717, 1.165) is 11.8 Å². The van der Waals surface area contributed by atoms with Gasteiger partial charge in [0.15, 0.2) is 0 Å². The van der Waals surface area contributed by atoms with Crippen molar-refractivity contribution in [2.75, 3.05) is 0 Å². The standard InChI is InChI=1S/C14H10BrNO4/c1-9-6-12(4-2-10(9)8-17)20-14-7-11(16(18)19)3-5-13(14)15/h2-8H,1H3. The van der Waals surface area contributed by atoms with Crippen LogP contribution in [0, 0.1) is 17.0 Å². The van der Waals surface area contributed by atoms with Crippen LogP contribution in [0.2, 0.25) is 0 Å². The van der Waals surface area contributed by atoms with Gasteiger partial charge in [-0.3, -0.25) is 14.9 Å². The third kappa shape index (κ3) is 3.03. The maximum atomic E-state index is 10.8. The van der Waals surface area contributed by atoms with E-state index in [9.17, 15) is 14.9 Å². The molecule has 0 aliphatic rings. The van der Waals surface area contributed by atoms with E-state index in [1.807, 2.05) is 0 Å². The van der Waals surface area contributed by atoms with E-state index in [2.05, 4.69) is 15.9 Å². The number of aldehydes is 1. The average Bonchev–Trinajstić information content (AvgIpc) is 2.41. The summed E-state index contributed by atoms with van der Waals surface area (Å²) in [6, 6.07) is 9.27. The predicted molar refractivity (Wildman–Crippen MR) is 77.4 cm³/mol. The maximum Gasteiger partial charge on any atom is 0.273 e. The molecule has 0 radical (unpaired) electrons. The van der Waals surface area contributed by atoms with Gasteiger partial charge in [-0.2, -0.15) is 0 Å². The van der Waals surface area contributed by atoms with Gasteiger partial charge in [0.25, 0.3) is 5.69 Å². The van der Waals surface area contributed by atoms with Crippen LogP contribution in [0.3, 0.4) is 0 Å². The summed E-state index contributed by atoms with van der Waals surface area (Å²) in [7, 11) is 0. The fourth-order valence-corrected chi connectivity index (χ4v) is 1.98. The molecular formula is C14H10BrNO4. The number of nitro benzene ring substituents is 1. The molecule has 0 spiro atoms. The summed E-state index contributed by atoms with van der Waals surface area (Å²) in [5.74, 6) is 0.853. The smallest absolute Gasteiger partial charge is 0.273 e. The highest BCUT2D eigenvalue weighted by Crippen LogP contribution is 2.33. The number of rotatable bonds is 4. The number of carbonyl (C=O) groups is 1. The molecule has 0 unspecified atom stereocenters. The topological polar surface area (TPSA) is 69.4 Å². The second-order valence-corrected chi connectivity index (χ2v) is 4.96. The van der Waals surface area contributed by atoms with E-state index >= 15 is 0 Å². The van der Waals surface area contributed by atoms with Gasteiger partial charge in [0.2, 0.25) is 0 Å². The van der Waals surface area contributed by atoms with Gasteiger partial charge in [-0.1, -0.05) is 0 Å². The van der Waals surface area contributed by atoms with Crippen molar-refractivity contribution in [3.63, 3.8) is 0 Å². The molecule has 0 atom stereocenters. The van der Waals surface area contributed by atoms with Gasteiger partial charge in [0.05, 0.1) is 15.5 Å². The van der Waals surface area contributed by atoms with Crippen molar-refractivity contribution in [3.05, 3.63) is 62.1 Å². The molecule has 20 heavy (non-hydrogen) atoms. The molecule has 0 saturated carbocycles. The number of carbonyl (C=O) groups excluding carboxylic acids is 1. The number of nitrogens with zero attached hydrogens (tertiary/aromatic N) is 1. The minimum atomic E-state index is -0.486. The Bertz CT molecular complexity index is 685. The zero-order valence-electron chi connectivity index (χ0n) is 10.5. The Balaban J connectivity index is 2.34. The Labute approximate surface area is 123 Å². The Morgan fingerprint density at radius 2 is 2.00 bits per heavy atom. The van der Waals surface area contributed by atoms with Crippen LogP contribution in [0.15, 0.2) is 40.9 Å². The van der Waals surface area contributed by atoms with Crippen molar-refractivity contribution >= 4 is 27.9 Å². The second kappa shape index (κ2) is 5.83. The zero-order chi connectivity index (χ0) is 14.7. The van der Waals surface area contributed by atoms with Crippen LogP contribution in [0.25, 0.3) is 0 Å². The molecule has 0 aliphatic heterocycles. The van der Waals surface area contributed by atoms with E-state index in [1.165, 1.54) is 12.1 Å². The van der Waals surface area contributed by atoms with Gasteiger partial charge < -0.3 is 4.74 Å². The van der Waals surface area contributed by atoms with Gasteiger partial charge in [-0.15, -0.1) is 0 Å². The number of hydrogen-bond donors (Lipinski definition) is 0. The second-order valence-electron chi connectivity index (χ2n) is 4.11. The first-order valence-corrected chi connectivity index (χ1v) is 6.48. The van der Waals surface area contributed by atoms with Crippen molar-refractivity contribution in [1.29, 1.82) is 0 Å². The monoisotopic (exact) mass is 335 g/mol. The van der Waals surface area contributed by atoms with Crippen LogP contribution in [0.5, 0.6) is 11.5 Å². The Kier molecular flexibility index (Phi) is 4.14. The fraction of sp³-hybridized carbons (Fsp3) is 0.0714.